The van der Waals surface area contributed by atoms with Crippen LogP contribution in [-0.2, 0) is 0 Å². The van der Waals surface area contributed by atoms with Gasteiger partial charge in [-0.3, -0.25) is 0 Å². The number of anilines is 1. The van der Waals surface area contributed by atoms with Crippen LogP contribution in [0.15, 0.2) is 6.07 Å². The van der Waals surface area contributed by atoms with Gasteiger partial charge in [-0.1, -0.05) is 0 Å². The van der Waals surface area contributed by atoms with Crippen molar-refractivity contribution in [3.8, 4) is 11.8 Å². The van der Waals surface area contributed by atoms with Crippen LogP contribution in [0.2, 0.25) is 0 Å². The topological polar surface area (TPSA) is 97.9 Å². The molecule has 0 atom stereocenters. The van der Waals surface area contributed by atoms with Crippen LogP contribution in [0.4, 0.5) is 5.95 Å². The van der Waals surface area contributed by atoms with Gasteiger partial charge in [-0.2, -0.15) is 0 Å². The van der Waals surface area contributed by atoms with Gasteiger partial charge >= 0.3 is 59.1 Å². The smallest absolute Gasteiger partial charge is 0.858 e. The summed E-state index contributed by atoms with van der Waals surface area (Å²) in [6, 6.07) is 0.774. The SMILES string of the molecule is Nc1nc([O-])cc([O-])n1.[Na+].[Na+]. The Morgan fingerprint density at radius 1 is 1.09 bits per heavy atom. The Morgan fingerprint density at radius 3 is 1.73 bits per heavy atom. The zero-order valence-electron chi connectivity index (χ0n) is 6.37. The van der Waals surface area contributed by atoms with Gasteiger partial charge in [-0.25, -0.2) is 9.97 Å². The molecule has 1 rings (SSSR count). The third-order valence-electron chi connectivity index (χ3n) is 0.696. The molecule has 0 aliphatic carbocycles. The van der Waals surface area contributed by atoms with Crippen LogP contribution >= 0.6 is 0 Å². The predicted molar refractivity (Wildman–Crippen MR) is 25.3 cm³/mol. The molecule has 0 bridgehead atoms. The Labute approximate surface area is 108 Å². The molecule has 0 saturated heterocycles. The Hall–Kier alpha value is 0.480. The van der Waals surface area contributed by atoms with E-state index in [4.69, 9.17) is 5.73 Å². The summed E-state index contributed by atoms with van der Waals surface area (Å²) in [5, 5.41) is 20.6. The first-order valence-electron chi connectivity index (χ1n) is 2.17. The van der Waals surface area contributed by atoms with E-state index in [0.717, 1.165) is 6.07 Å². The van der Waals surface area contributed by atoms with Gasteiger partial charge in [0.1, 0.15) is 0 Å². The number of hydrogen-bond donors (Lipinski definition) is 1. The van der Waals surface area contributed by atoms with E-state index >= 15 is 0 Å². The summed E-state index contributed by atoms with van der Waals surface area (Å²) in [7, 11) is 0. The van der Waals surface area contributed by atoms with Crippen molar-refractivity contribution in [3.63, 3.8) is 0 Å². The second-order valence-electron chi connectivity index (χ2n) is 1.40. The van der Waals surface area contributed by atoms with Crippen molar-refractivity contribution in [1.82, 2.24) is 9.97 Å². The van der Waals surface area contributed by atoms with Gasteiger partial charge in [0.15, 0.2) is 0 Å². The summed E-state index contributed by atoms with van der Waals surface area (Å²) in [5.74, 6) is -1.56. The molecule has 0 unspecified atom stereocenters. The van der Waals surface area contributed by atoms with E-state index in [-0.39, 0.29) is 65.1 Å². The van der Waals surface area contributed by atoms with Gasteiger partial charge in [-0.05, 0) is 17.8 Å². The van der Waals surface area contributed by atoms with Crippen molar-refractivity contribution >= 4 is 5.95 Å². The van der Waals surface area contributed by atoms with E-state index in [0.29, 0.717) is 0 Å². The molecule has 2 N–H and O–H groups in total. The van der Waals surface area contributed by atoms with Crippen LogP contribution in [0.1, 0.15) is 0 Å². The minimum Gasteiger partial charge on any atom is -0.858 e. The van der Waals surface area contributed by atoms with Crippen molar-refractivity contribution in [2.24, 2.45) is 0 Å². The van der Waals surface area contributed by atoms with Crippen LogP contribution < -0.4 is 75.1 Å². The van der Waals surface area contributed by atoms with E-state index < -0.39 is 11.8 Å². The Bertz CT molecular complexity index is 182. The van der Waals surface area contributed by atoms with Gasteiger partial charge in [0.05, 0.1) is 0 Å². The van der Waals surface area contributed by atoms with E-state index in [2.05, 4.69) is 9.97 Å². The van der Waals surface area contributed by atoms with E-state index in [1.807, 2.05) is 0 Å². The van der Waals surface area contributed by atoms with Gasteiger partial charge in [-0.15, -0.1) is 0 Å². The maximum atomic E-state index is 10.3. The molecule has 11 heavy (non-hydrogen) atoms. The quantitative estimate of drug-likeness (QED) is 0.391. The summed E-state index contributed by atoms with van der Waals surface area (Å²) in [6.45, 7) is 0. The maximum absolute atomic E-state index is 10.3. The fraction of sp³-hybridized carbons (Fsp3) is 0. The van der Waals surface area contributed by atoms with Crippen molar-refractivity contribution in [2.45, 2.75) is 0 Å². The molecular formula is C4H3N3Na2O2. The predicted octanol–water partition coefficient (Wildman–Crippen LogP) is -7.79. The third-order valence-corrected chi connectivity index (χ3v) is 0.696. The van der Waals surface area contributed by atoms with Crippen LogP contribution in [0.25, 0.3) is 0 Å². The summed E-state index contributed by atoms with van der Waals surface area (Å²) in [5.41, 5.74) is 4.94. The minimum atomic E-state index is -0.646. The normalized spacial score (nSPS) is 7.64. The first kappa shape index (κ1) is 14.0. The van der Waals surface area contributed by atoms with Crippen molar-refractivity contribution in [3.05, 3.63) is 6.07 Å². The molecule has 0 fully saturated rings. The van der Waals surface area contributed by atoms with E-state index in [1.165, 1.54) is 0 Å². The first-order chi connectivity index (χ1) is 4.18. The van der Waals surface area contributed by atoms with Crippen molar-refractivity contribution < 1.29 is 69.3 Å². The molecule has 0 radical (unpaired) electrons. The second kappa shape index (κ2) is 6.05. The molecule has 1 aromatic rings. The summed E-state index contributed by atoms with van der Waals surface area (Å²) in [6.07, 6.45) is 0. The monoisotopic (exact) mass is 171 g/mol. The summed E-state index contributed by atoms with van der Waals surface area (Å²) >= 11 is 0. The molecule has 0 amide bonds. The standard InChI is InChI=1S/C4H5N3O2.2Na/c5-4-6-2(8)1-3(9)7-4;;/h1H,(H4,5,6,7,8,9);;/q;2*+1/p-2. The number of nitrogens with zero attached hydrogens (tertiary/aromatic N) is 2. The number of nitrogens with two attached hydrogens (primary N) is 1. The van der Waals surface area contributed by atoms with Gasteiger partial charge < -0.3 is 15.9 Å². The van der Waals surface area contributed by atoms with E-state index in [9.17, 15) is 10.2 Å². The number of aromatic nitrogens is 2. The molecule has 1 heterocycles. The molecule has 1 aromatic heterocycles. The Morgan fingerprint density at radius 2 is 1.45 bits per heavy atom. The molecule has 0 aliphatic heterocycles. The molecule has 0 aromatic carbocycles. The fourth-order valence-corrected chi connectivity index (χ4v) is 0.421. The number of rotatable bonds is 0. The van der Waals surface area contributed by atoms with Crippen LogP contribution in [0.5, 0.6) is 11.8 Å². The van der Waals surface area contributed by atoms with Gasteiger partial charge in [0, 0.05) is 0 Å². The molecular weight excluding hydrogens is 168 g/mol. The fourth-order valence-electron chi connectivity index (χ4n) is 0.421. The molecule has 48 valence electrons. The molecule has 0 saturated carbocycles. The average Bonchev–Trinajstić information content (AvgIpc) is 1.59. The minimum absolute atomic E-state index is 0. The molecule has 5 nitrogen and oxygen atoms in total. The third kappa shape index (κ3) is 4.84. The van der Waals surface area contributed by atoms with Crippen LogP contribution in [0.3, 0.4) is 0 Å². The molecule has 0 spiro atoms. The molecule has 7 heteroatoms. The van der Waals surface area contributed by atoms with Gasteiger partial charge in [0.2, 0.25) is 5.95 Å². The van der Waals surface area contributed by atoms with Gasteiger partial charge in [0.25, 0.3) is 0 Å². The Balaban J connectivity index is 0. The number of hydrogen-bond acceptors (Lipinski definition) is 5. The summed E-state index contributed by atoms with van der Waals surface area (Å²) in [4.78, 5) is 6.29. The van der Waals surface area contributed by atoms with Crippen LogP contribution in [0, 0.1) is 0 Å². The number of nitrogen functional groups attached to an aromatic ring is 1. The zero-order valence-corrected chi connectivity index (χ0v) is 10.4. The maximum Gasteiger partial charge on any atom is 1.00 e. The van der Waals surface area contributed by atoms with Crippen molar-refractivity contribution in [2.75, 3.05) is 5.73 Å². The first-order valence-corrected chi connectivity index (χ1v) is 2.17. The van der Waals surface area contributed by atoms with E-state index in [1.54, 1.807) is 0 Å². The zero-order chi connectivity index (χ0) is 6.85. The average molecular weight is 171 g/mol. The molecule has 0 aliphatic rings. The van der Waals surface area contributed by atoms with Crippen molar-refractivity contribution in [1.29, 1.82) is 0 Å². The Kier molecular flexibility index (Phi) is 7.71. The second-order valence-corrected chi connectivity index (χ2v) is 1.40. The summed E-state index contributed by atoms with van der Waals surface area (Å²) < 4.78 is 0. The van der Waals surface area contributed by atoms with Crippen LogP contribution in [-0.4, -0.2) is 9.97 Å². The largest absolute Gasteiger partial charge is 1.00 e.